The maximum Gasteiger partial charge on any atom is 0.120 e. The maximum atomic E-state index is 11.2. The van der Waals surface area contributed by atoms with Crippen molar-refractivity contribution < 1.29 is 14.6 Å². The molecule has 0 bridgehead atoms. The monoisotopic (exact) mass is 546 g/mol. The van der Waals surface area contributed by atoms with Gasteiger partial charge in [0.2, 0.25) is 0 Å². The Bertz CT molecular complexity index is 858. The molecular formula is C29H43BrN2O3. The Kier molecular flexibility index (Phi) is 13.6. The fraction of sp³-hybridized carbons (Fsp3) is 0.552. The van der Waals surface area contributed by atoms with Gasteiger partial charge in [-0.05, 0) is 56.0 Å². The number of unbranched alkanes of at least 4 members (excludes halogenated alkanes) is 3. The first-order valence-corrected chi connectivity index (χ1v) is 13.8. The van der Waals surface area contributed by atoms with Crippen LogP contribution in [0.3, 0.4) is 0 Å². The Morgan fingerprint density at radius 3 is 2.60 bits per heavy atom. The van der Waals surface area contributed by atoms with Crippen LogP contribution in [0.2, 0.25) is 0 Å². The molecule has 0 spiro atoms. The number of ether oxygens (including phenoxy) is 1. The molecule has 1 saturated heterocycles. The van der Waals surface area contributed by atoms with Crippen molar-refractivity contribution in [2.24, 2.45) is 5.73 Å². The first-order valence-electron chi connectivity index (χ1n) is 13.0. The predicted octanol–water partition coefficient (Wildman–Crippen LogP) is 6.43. The number of carbonyl (C=O) groups excluding carboxylic acids is 1. The van der Waals surface area contributed by atoms with Crippen LogP contribution in [0.4, 0.5) is 0 Å². The highest BCUT2D eigenvalue weighted by molar-refractivity contribution is 9.10. The number of nitrogens with two attached hydrogens (primary N) is 1. The summed E-state index contributed by atoms with van der Waals surface area (Å²) in [5, 5.41) is 14.4. The lowest BCUT2D eigenvalue weighted by Gasteiger charge is -2.39. The van der Waals surface area contributed by atoms with Gasteiger partial charge in [-0.3, -0.25) is 0 Å². The van der Waals surface area contributed by atoms with E-state index in [-0.39, 0.29) is 17.2 Å². The van der Waals surface area contributed by atoms with E-state index in [9.17, 15) is 9.90 Å². The third kappa shape index (κ3) is 9.34. The van der Waals surface area contributed by atoms with E-state index in [1.807, 2.05) is 30.3 Å². The molecule has 0 aromatic heterocycles. The lowest BCUT2D eigenvalue weighted by Crippen LogP contribution is -2.40. The van der Waals surface area contributed by atoms with Gasteiger partial charge in [-0.2, -0.15) is 0 Å². The van der Waals surface area contributed by atoms with Crippen LogP contribution in [-0.4, -0.2) is 37.2 Å². The van der Waals surface area contributed by atoms with E-state index < -0.39 is 0 Å². The summed E-state index contributed by atoms with van der Waals surface area (Å²) < 4.78 is 6.11. The van der Waals surface area contributed by atoms with Crippen molar-refractivity contribution in [1.29, 1.82) is 0 Å². The van der Waals surface area contributed by atoms with E-state index in [1.165, 1.54) is 31.2 Å². The largest absolute Gasteiger partial charge is 0.508 e. The maximum absolute atomic E-state index is 11.2. The number of phenolic OH excluding ortho intramolecular Hbond substituents is 1. The lowest BCUT2D eigenvalue weighted by molar-refractivity contribution is -0.108. The highest BCUT2D eigenvalue weighted by Gasteiger charge is 2.37. The zero-order chi connectivity index (χ0) is 25.5. The van der Waals surface area contributed by atoms with Gasteiger partial charge in [0, 0.05) is 41.1 Å². The average molecular weight is 548 g/mol. The molecule has 1 fully saturated rings. The number of halogens is 1. The minimum atomic E-state index is -0.328. The normalized spacial score (nSPS) is 17.8. The number of aldehydes is 1. The third-order valence-electron chi connectivity index (χ3n) is 6.82. The quantitative estimate of drug-likeness (QED) is 0.199. The fourth-order valence-corrected chi connectivity index (χ4v) is 5.08. The Morgan fingerprint density at radius 1 is 1.23 bits per heavy atom. The van der Waals surface area contributed by atoms with Gasteiger partial charge in [-0.15, -0.1) is 0 Å². The van der Waals surface area contributed by atoms with Gasteiger partial charge >= 0.3 is 0 Å². The summed E-state index contributed by atoms with van der Waals surface area (Å²) in [5.41, 5.74) is 7.01. The fourth-order valence-electron chi connectivity index (χ4n) is 4.70. The van der Waals surface area contributed by atoms with Crippen LogP contribution in [-0.2, 0) is 14.9 Å². The van der Waals surface area contributed by atoms with Crippen LogP contribution in [0.1, 0.15) is 82.4 Å². The second kappa shape index (κ2) is 16.1. The summed E-state index contributed by atoms with van der Waals surface area (Å²) in [7, 11) is 0. The van der Waals surface area contributed by atoms with E-state index >= 15 is 0 Å². The molecule has 2 aromatic rings. The van der Waals surface area contributed by atoms with Gasteiger partial charge in [-0.1, -0.05) is 79.4 Å². The predicted molar refractivity (Wildman–Crippen MR) is 148 cm³/mol. The summed E-state index contributed by atoms with van der Waals surface area (Å²) in [5.74, 6) is 0.280. The van der Waals surface area contributed by atoms with E-state index in [0.717, 1.165) is 42.3 Å². The van der Waals surface area contributed by atoms with Gasteiger partial charge in [0.15, 0.2) is 0 Å². The highest BCUT2D eigenvalue weighted by atomic mass is 79.9. The zero-order valence-corrected chi connectivity index (χ0v) is 22.9. The molecule has 0 aliphatic carbocycles. The van der Waals surface area contributed by atoms with E-state index in [1.54, 1.807) is 6.07 Å². The summed E-state index contributed by atoms with van der Waals surface area (Å²) in [6, 6.07) is 15.8. The molecule has 4 N–H and O–H groups in total. The Morgan fingerprint density at radius 2 is 2.00 bits per heavy atom. The standard InChI is InChI=1S/C24H32BrNO2.C5H11NO/c1-3-4-5-9-16-26-23(21-18-20(25)13-14-22(21)28)24(2,15-10-17-27)19-11-7-6-8-12-19;6-4-5-2-1-3-7-5/h6-8,11-14,17-18,23,26,28H,3-5,9-10,15-16H2,1-2H3;5H,1-4,6H2. The molecule has 3 unspecified atom stereocenters. The van der Waals surface area contributed by atoms with Crippen LogP contribution >= 0.6 is 15.9 Å². The molecule has 3 rings (SSSR count). The topological polar surface area (TPSA) is 84.6 Å². The van der Waals surface area contributed by atoms with Gasteiger partial charge in [0.25, 0.3) is 0 Å². The lowest BCUT2D eigenvalue weighted by atomic mass is 9.70. The molecule has 0 radical (unpaired) electrons. The van der Waals surface area contributed by atoms with Gasteiger partial charge < -0.3 is 25.7 Å². The number of phenols is 1. The van der Waals surface area contributed by atoms with Crippen LogP contribution in [0.15, 0.2) is 53.0 Å². The summed E-state index contributed by atoms with van der Waals surface area (Å²) in [4.78, 5) is 11.2. The van der Waals surface area contributed by atoms with Gasteiger partial charge in [0.1, 0.15) is 12.0 Å². The number of hydrogen-bond donors (Lipinski definition) is 3. The number of aromatic hydroxyl groups is 1. The molecule has 0 saturated carbocycles. The summed E-state index contributed by atoms with van der Waals surface area (Å²) in [6.45, 7) is 6.89. The minimum Gasteiger partial charge on any atom is -0.508 e. The number of rotatable bonds is 13. The van der Waals surface area contributed by atoms with Crippen molar-refractivity contribution in [3.8, 4) is 5.75 Å². The molecule has 35 heavy (non-hydrogen) atoms. The van der Waals surface area contributed by atoms with Crippen molar-refractivity contribution in [3.63, 3.8) is 0 Å². The summed E-state index contributed by atoms with van der Waals surface area (Å²) >= 11 is 3.55. The first-order chi connectivity index (χ1) is 17.0. The minimum absolute atomic E-state index is 0.103. The number of carbonyl (C=O) groups is 1. The molecule has 1 aliphatic rings. The molecular weight excluding hydrogens is 504 g/mol. The Hall–Kier alpha value is -1.73. The second-order valence-electron chi connectivity index (χ2n) is 9.51. The van der Waals surface area contributed by atoms with Crippen LogP contribution in [0.25, 0.3) is 0 Å². The first kappa shape index (κ1) is 29.5. The van der Waals surface area contributed by atoms with Crippen LogP contribution < -0.4 is 11.1 Å². The Labute approximate surface area is 220 Å². The van der Waals surface area contributed by atoms with Crippen LogP contribution in [0, 0.1) is 0 Å². The number of benzene rings is 2. The molecule has 5 nitrogen and oxygen atoms in total. The molecule has 1 aliphatic heterocycles. The number of hydrogen-bond acceptors (Lipinski definition) is 5. The molecule has 194 valence electrons. The third-order valence-corrected chi connectivity index (χ3v) is 7.31. The van der Waals surface area contributed by atoms with Crippen molar-refractivity contribution in [1.82, 2.24) is 5.32 Å². The molecule has 0 amide bonds. The van der Waals surface area contributed by atoms with Gasteiger partial charge in [0.05, 0.1) is 6.10 Å². The van der Waals surface area contributed by atoms with Crippen molar-refractivity contribution in [3.05, 3.63) is 64.1 Å². The molecule has 1 heterocycles. The van der Waals surface area contributed by atoms with Crippen molar-refractivity contribution in [2.75, 3.05) is 19.7 Å². The van der Waals surface area contributed by atoms with Crippen molar-refractivity contribution in [2.45, 2.75) is 82.8 Å². The van der Waals surface area contributed by atoms with E-state index in [4.69, 9.17) is 10.5 Å². The van der Waals surface area contributed by atoms with E-state index in [2.05, 4.69) is 47.2 Å². The Balaban J connectivity index is 0.000000527. The average Bonchev–Trinajstić information content (AvgIpc) is 3.42. The molecule has 3 atom stereocenters. The zero-order valence-electron chi connectivity index (χ0n) is 21.3. The molecule has 2 aromatic carbocycles. The summed E-state index contributed by atoms with van der Waals surface area (Å²) in [6.07, 6.45) is 9.63. The SMILES string of the molecule is CCCCCCNC(c1cc(Br)ccc1O)C(C)(CCC=O)c1ccccc1.NCC1CCCO1. The molecule has 6 heteroatoms. The highest BCUT2D eigenvalue weighted by Crippen LogP contribution is 2.44. The van der Waals surface area contributed by atoms with E-state index in [0.29, 0.717) is 25.5 Å². The van der Waals surface area contributed by atoms with Gasteiger partial charge in [-0.25, -0.2) is 0 Å². The van der Waals surface area contributed by atoms with Crippen LogP contribution in [0.5, 0.6) is 5.75 Å². The smallest absolute Gasteiger partial charge is 0.120 e. The number of nitrogens with one attached hydrogen (secondary N) is 1. The van der Waals surface area contributed by atoms with Crippen molar-refractivity contribution >= 4 is 22.2 Å². The second-order valence-corrected chi connectivity index (χ2v) is 10.4.